The monoisotopic (exact) mass is 165 g/mol. The molecular weight excluding hydrogens is 146 g/mol. The lowest BCUT2D eigenvalue weighted by atomic mass is 10.0. The van der Waals surface area contributed by atoms with Crippen molar-refractivity contribution < 1.29 is 0 Å². The van der Waals surface area contributed by atoms with Crippen LogP contribution in [0.4, 0.5) is 0 Å². The summed E-state index contributed by atoms with van der Waals surface area (Å²) in [5.74, 6) is 0. The molecule has 3 N–H and O–H groups in total. The number of unbranched alkanes of at least 4 members (excludes halogenated alkanes) is 1. The molecule has 0 aliphatic heterocycles. The summed E-state index contributed by atoms with van der Waals surface area (Å²) in [5, 5.41) is 0. The molecule has 1 heteroatoms. The number of benzene rings is 1. The van der Waals surface area contributed by atoms with Gasteiger partial charge in [0.25, 0.3) is 0 Å². The molecule has 0 heterocycles. The molecule has 12 heavy (non-hydrogen) atoms. The fourth-order valence-corrected chi connectivity index (χ4v) is 1.26. The second-order valence-corrected chi connectivity index (χ2v) is 3.03. The third-order valence-electron chi connectivity index (χ3n) is 2.06. The average Bonchev–Trinajstić information content (AvgIpc) is 2.03. The van der Waals surface area contributed by atoms with Crippen LogP contribution in [-0.2, 0) is 6.42 Å². The Kier molecular flexibility index (Phi) is 5.39. The van der Waals surface area contributed by atoms with Crippen LogP contribution in [0, 0.1) is 6.92 Å². The Hall–Kier alpha value is -0.820. The first-order valence-electron chi connectivity index (χ1n) is 4.39. The number of hydrogen-bond acceptors (Lipinski definition) is 1. The van der Waals surface area contributed by atoms with Gasteiger partial charge < -0.3 is 6.15 Å². The Morgan fingerprint density at radius 2 is 1.83 bits per heavy atom. The highest BCUT2D eigenvalue weighted by molar-refractivity contribution is 5.25. The first-order valence-corrected chi connectivity index (χ1v) is 4.39. The lowest BCUT2D eigenvalue weighted by molar-refractivity contribution is 0.791. The maximum Gasteiger partial charge on any atom is -0.0276 e. The van der Waals surface area contributed by atoms with Gasteiger partial charge in [-0.3, -0.25) is 0 Å². The van der Waals surface area contributed by atoms with E-state index in [1.54, 1.807) is 0 Å². The highest BCUT2D eigenvalue weighted by Gasteiger charge is 1.94. The van der Waals surface area contributed by atoms with Gasteiger partial charge in [-0.2, -0.15) is 0 Å². The van der Waals surface area contributed by atoms with Gasteiger partial charge in [0.05, 0.1) is 0 Å². The summed E-state index contributed by atoms with van der Waals surface area (Å²) in [5.41, 5.74) is 2.94. The lowest BCUT2D eigenvalue weighted by Crippen LogP contribution is -1.87. The highest BCUT2D eigenvalue weighted by atomic mass is 14.0. The van der Waals surface area contributed by atoms with E-state index in [2.05, 4.69) is 38.1 Å². The second-order valence-electron chi connectivity index (χ2n) is 3.03. The molecule has 0 radical (unpaired) electrons. The molecular formula is C11H19N. The van der Waals surface area contributed by atoms with Crippen molar-refractivity contribution in [3.63, 3.8) is 0 Å². The largest absolute Gasteiger partial charge is 0.344 e. The van der Waals surface area contributed by atoms with E-state index in [9.17, 15) is 0 Å². The second kappa shape index (κ2) is 5.78. The molecule has 1 rings (SSSR count). The Bertz CT molecular complexity index is 218. The van der Waals surface area contributed by atoms with Gasteiger partial charge in [-0.15, -0.1) is 0 Å². The molecule has 0 saturated heterocycles. The highest BCUT2D eigenvalue weighted by Crippen LogP contribution is 2.09. The van der Waals surface area contributed by atoms with Crippen LogP contribution in [0.15, 0.2) is 24.3 Å². The van der Waals surface area contributed by atoms with E-state index >= 15 is 0 Å². The number of hydrogen-bond donors (Lipinski definition) is 1. The summed E-state index contributed by atoms with van der Waals surface area (Å²) < 4.78 is 0. The number of aryl methyl sites for hydroxylation is 2. The van der Waals surface area contributed by atoms with E-state index in [4.69, 9.17) is 0 Å². The van der Waals surface area contributed by atoms with Crippen LogP contribution in [0.1, 0.15) is 30.9 Å². The molecule has 0 aliphatic rings. The molecule has 0 saturated carbocycles. The molecule has 0 bridgehead atoms. The summed E-state index contributed by atoms with van der Waals surface area (Å²) in [6.07, 6.45) is 3.84. The van der Waals surface area contributed by atoms with Crippen LogP contribution in [0.5, 0.6) is 0 Å². The SMILES string of the molecule is CCCCc1ccccc1C.N. The zero-order valence-corrected chi connectivity index (χ0v) is 8.14. The van der Waals surface area contributed by atoms with Gasteiger partial charge in [0.2, 0.25) is 0 Å². The van der Waals surface area contributed by atoms with Crippen LogP contribution in [0.2, 0.25) is 0 Å². The average molecular weight is 165 g/mol. The van der Waals surface area contributed by atoms with E-state index in [1.165, 1.54) is 30.4 Å². The predicted molar refractivity (Wildman–Crippen MR) is 54.8 cm³/mol. The maximum absolute atomic E-state index is 2.23. The van der Waals surface area contributed by atoms with E-state index in [0.29, 0.717) is 0 Å². The Labute approximate surface area is 75.4 Å². The van der Waals surface area contributed by atoms with E-state index < -0.39 is 0 Å². The zero-order chi connectivity index (χ0) is 8.10. The predicted octanol–water partition coefficient (Wildman–Crippen LogP) is 3.50. The molecule has 1 aromatic carbocycles. The molecule has 0 aliphatic carbocycles. The minimum Gasteiger partial charge on any atom is -0.344 e. The minimum atomic E-state index is 0. The van der Waals surface area contributed by atoms with Gasteiger partial charge in [0.1, 0.15) is 0 Å². The standard InChI is InChI=1S/C11H16.H3N/c1-3-4-8-11-9-6-5-7-10(11)2;/h5-7,9H,3-4,8H2,1-2H3;1H3. The van der Waals surface area contributed by atoms with Crippen LogP contribution in [-0.4, -0.2) is 0 Å². The third kappa shape index (κ3) is 3.05. The maximum atomic E-state index is 2.23. The van der Waals surface area contributed by atoms with Crippen molar-refractivity contribution >= 4 is 0 Å². The van der Waals surface area contributed by atoms with Crippen LogP contribution >= 0.6 is 0 Å². The van der Waals surface area contributed by atoms with Gasteiger partial charge in [-0.25, -0.2) is 0 Å². The van der Waals surface area contributed by atoms with Crippen molar-refractivity contribution in [2.24, 2.45) is 0 Å². The van der Waals surface area contributed by atoms with Gasteiger partial charge in [-0.1, -0.05) is 37.6 Å². The molecule has 1 nitrogen and oxygen atoms in total. The van der Waals surface area contributed by atoms with Crippen molar-refractivity contribution in [1.82, 2.24) is 6.15 Å². The summed E-state index contributed by atoms with van der Waals surface area (Å²) in [7, 11) is 0. The van der Waals surface area contributed by atoms with Crippen LogP contribution in [0.25, 0.3) is 0 Å². The van der Waals surface area contributed by atoms with E-state index in [-0.39, 0.29) is 6.15 Å². The van der Waals surface area contributed by atoms with Gasteiger partial charge in [0.15, 0.2) is 0 Å². The molecule has 0 spiro atoms. The van der Waals surface area contributed by atoms with Gasteiger partial charge >= 0.3 is 0 Å². The molecule has 0 aromatic heterocycles. The van der Waals surface area contributed by atoms with Crippen molar-refractivity contribution in [3.05, 3.63) is 35.4 Å². The number of rotatable bonds is 3. The fraction of sp³-hybridized carbons (Fsp3) is 0.455. The zero-order valence-electron chi connectivity index (χ0n) is 8.14. The quantitative estimate of drug-likeness (QED) is 0.731. The Morgan fingerprint density at radius 1 is 1.17 bits per heavy atom. The fourth-order valence-electron chi connectivity index (χ4n) is 1.26. The van der Waals surface area contributed by atoms with Crippen molar-refractivity contribution in [3.8, 4) is 0 Å². The summed E-state index contributed by atoms with van der Waals surface area (Å²) >= 11 is 0. The van der Waals surface area contributed by atoms with E-state index in [1.807, 2.05) is 0 Å². The molecule has 0 atom stereocenters. The lowest BCUT2D eigenvalue weighted by Gasteiger charge is -2.02. The molecule has 1 aromatic rings. The summed E-state index contributed by atoms with van der Waals surface area (Å²) in [4.78, 5) is 0. The molecule has 0 amide bonds. The minimum absolute atomic E-state index is 0. The van der Waals surface area contributed by atoms with Crippen LogP contribution in [0.3, 0.4) is 0 Å². The normalized spacial score (nSPS) is 9.17. The van der Waals surface area contributed by atoms with Crippen LogP contribution < -0.4 is 6.15 Å². The molecule has 0 fully saturated rings. The first-order chi connectivity index (χ1) is 5.34. The third-order valence-corrected chi connectivity index (χ3v) is 2.06. The van der Waals surface area contributed by atoms with Gasteiger partial charge in [0, 0.05) is 0 Å². The topological polar surface area (TPSA) is 35.0 Å². The smallest absolute Gasteiger partial charge is 0.0276 e. The summed E-state index contributed by atoms with van der Waals surface area (Å²) in [6.45, 7) is 4.42. The first kappa shape index (κ1) is 11.2. The van der Waals surface area contributed by atoms with Crippen molar-refractivity contribution in [1.29, 1.82) is 0 Å². The molecule has 68 valence electrons. The Balaban J connectivity index is 0.00000121. The van der Waals surface area contributed by atoms with E-state index in [0.717, 1.165) is 0 Å². The van der Waals surface area contributed by atoms with Gasteiger partial charge in [-0.05, 0) is 30.9 Å². The van der Waals surface area contributed by atoms with Crippen molar-refractivity contribution in [2.75, 3.05) is 0 Å². The molecule has 0 unspecified atom stereocenters. The Morgan fingerprint density at radius 3 is 2.42 bits per heavy atom. The summed E-state index contributed by atoms with van der Waals surface area (Å²) in [6, 6.07) is 8.64. The van der Waals surface area contributed by atoms with Crippen molar-refractivity contribution in [2.45, 2.75) is 33.1 Å².